The van der Waals surface area contributed by atoms with Crippen molar-refractivity contribution in [3.63, 3.8) is 0 Å². The van der Waals surface area contributed by atoms with Gasteiger partial charge in [-0.15, -0.1) is 0 Å². The van der Waals surface area contributed by atoms with E-state index in [9.17, 15) is 9.18 Å². The van der Waals surface area contributed by atoms with Crippen LogP contribution in [0.15, 0.2) is 48.8 Å². The van der Waals surface area contributed by atoms with Gasteiger partial charge in [-0.1, -0.05) is 11.6 Å². The zero-order valence-electron chi connectivity index (χ0n) is 17.0. The van der Waals surface area contributed by atoms with Crippen LogP contribution in [0.3, 0.4) is 0 Å². The van der Waals surface area contributed by atoms with Crippen molar-refractivity contribution in [2.75, 3.05) is 6.54 Å². The number of aromatic nitrogens is 4. The fraction of sp³-hybridized carbons (Fsp3) is 0.217. The molecule has 1 aliphatic rings. The monoisotopic (exact) mass is 435 g/mol. The third-order valence-electron chi connectivity index (χ3n) is 5.76. The predicted molar refractivity (Wildman–Crippen MR) is 116 cm³/mol. The van der Waals surface area contributed by atoms with Crippen molar-refractivity contribution in [1.82, 2.24) is 24.6 Å². The Morgan fingerprint density at radius 1 is 1.13 bits per heavy atom. The first kappa shape index (κ1) is 19.6. The number of hydrogen-bond donors (Lipinski definition) is 0. The number of rotatable bonds is 2. The zero-order valence-corrected chi connectivity index (χ0v) is 17.8. The highest BCUT2D eigenvalue weighted by atomic mass is 35.5. The van der Waals surface area contributed by atoms with E-state index in [-0.39, 0.29) is 11.9 Å². The lowest BCUT2D eigenvalue weighted by atomic mass is 9.95. The van der Waals surface area contributed by atoms with Gasteiger partial charge in [-0.25, -0.2) is 4.39 Å². The second kappa shape index (κ2) is 7.42. The van der Waals surface area contributed by atoms with Crippen LogP contribution >= 0.6 is 11.6 Å². The van der Waals surface area contributed by atoms with Crippen LogP contribution in [0.4, 0.5) is 4.39 Å². The molecule has 0 saturated carbocycles. The molecule has 0 bridgehead atoms. The molecule has 3 heterocycles. The molecule has 0 fully saturated rings. The van der Waals surface area contributed by atoms with Gasteiger partial charge in [0.05, 0.1) is 28.5 Å². The summed E-state index contributed by atoms with van der Waals surface area (Å²) in [6.07, 6.45) is 3.86. The van der Waals surface area contributed by atoms with E-state index in [0.29, 0.717) is 34.6 Å². The third-order valence-corrected chi connectivity index (χ3v) is 5.97. The number of fused-ring (bicyclic) bond motifs is 2. The zero-order chi connectivity index (χ0) is 21.7. The molecule has 5 rings (SSSR count). The molecule has 2 aromatic heterocycles. The molecular weight excluding hydrogens is 417 g/mol. The van der Waals surface area contributed by atoms with Gasteiger partial charge in [0.1, 0.15) is 5.82 Å². The molecule has 0 radical (unpaired) electrons. The smallest absolute Gasteiger partial charge is 0.254 e. The largest absolute Gasteiger partial charge is 0.330 e. The Bertz CT molecular complexity index is 1310. The van der Waals surface area contributed by atoms with Gasteiger partial charge in [0.2, 0.25) is 0 Å². The van der Waals surface area contributed by atoms with E-state index in [1.807, 2.05) is 24.9 Å². The number of halogens is 2. The summed E-state index contributed by atoms with van der Waals surface area (Å²) in [7, 11) is 1.83. The normalized spacial score (nSPS) is 15.9. The quantitative estimate of drug-likeness (QED) is 0.462. The second-order valence-electron chi connectivity index (χ2n) is 7.68. The van der Waals surface area contributed by atoms with Crippen LogP contribution in [-0.2, 0) is 13.5 Å². The molecule has 0 N–H and O–H groups in total. The van der Waals surface area contributed by atoms with E-state index in [4.69, 9.17) is 11.6 Å². The molecule has 31 heavy (non-hydrogen) atoms. The molecular formula is C23H19ClFN5O. The molecule has 0 aliphatic carbocycles. The number of benzene rings is 2. The predicted octanol–water partition coefficient (Wildman–Crippen LogP) is 4.58. The first-order valence-corrected chi connectivity index (χ1v) is 10.3. The molecule has 6 nitrogen and oxygen atoms in total. The highest BCUT2D eigenvalue weighted by molar-refractivity contribution is 6.30. The molecule has 4 aromatic rings. The average Bonchev–Trinajstić information content (AvgIpc) is 3.09. The molecule has 2 aromatic carbocycles. The molecule has 1 atom stereocenters. The Balaban J connectivity index is 1.50. The lowest BCUT2D eigenvalue weighted by Crippen LogP contribution is -2.38. The Hall–Kier alpha value is -3.32. The summed E-state index contributed by atoms with van der Waals surface area (Å²) in [5.41, 5.74) is 5.34. The minimum absolute atomic E-state index is 0.0771. The van der Waals surface area contributed by atoms with Crippen molar-refractivity contribution in [2.45, 2.75) is 19.4 Å². The van der Waals surface area contributed by atoms with E-state index in [2.05, 4.69) is 15.1 Å². The number of carbonyl (C=O) groups excluding carboxylic acids is 1. The Labute approximate surface area is 183 Å². The van der Waals surface area contributed by atoms with Gasteiger partial charge in [-0.2, -0.15) is 5.10 Å². The van der Waals surface area contributed by atoms with Crippen LogP contribution in [0.25, 0.3) is 22.3 Å². The minimum atomic E-state index is -0.391. The molecule has 0 saturated heterocycles. The summed E-state index contributed by atoms with van der Waals surface area (Å²) >= 11 is 6.07. The lowest BCUT2D eigenvalue weighted by Gasteiger charge is -2.33. The molecule has 8 heteroatoms. The Morgan fingerprint density at radius 2 is 1.90 bits per heavy atom. The number of nitrogens with zero attached hydrogens (tertiary/aromatic N) is 5. The van der Waals surface area contributed by atoms with Gasteiger partial charge in [0, 0.05) is 47.7 Å². The van der Waals surface area contributed by atoms with Crippen LogP contribution in [0.2, 0.25) is 5.02 Å². The van der Waals surface area contributed by atoms with Crippen molar-refractivity contribution in [1.29, 1.82) is 0 Å². The maximum Gasteiger partial charge on any atom is 0.254 e. The standard InChI is InChI=1S/C23H19ClFN5O/c1-13-21-18(22(29(2)28-21)15-9-16(24)12-17(25)10-15)5-8-30(13)23(31)14-3-4-19-20(11-14)27-7-6-26-19/h3-4,6-7,9-13H,5,8H2,1-2H3/t13-/m1/s1. The summed E-state index contributed by atoms with van der Waals surface area (Å²) in [6, 6.07) is 9.61. The van der Waals surface area contributed by atoms with E-state index in [0.717, 1.165) is 22.5 Å². The summed E-state index contributed by atoms with van der Waals surface area (Å²) in [6.45, 7) is 2.50. The fourth-order valence-corrected chi connectivity index (χ4v) is 4.56. The first-order valence-electron chi connectivity index (χ1n) is 9.96. The van der Waals surface area contributed by atoms with Crippen molar-refractivity contribution < 1.29 is 9.18 Å². The van der Waals surface area contributed by atoms with E-state index < -0.39 is 5.82 Å². The fourth-order valence-electron chi connectivity index (χ4n) is 4.34. The number of amides is 1. The maximum atomic E-state index is 14.0. The summed E-state index contributed by atoms with van der Waals surface area (Å²) in [5.74, 6) is -0.468. The summed E-state index contributed by atoms with van der Waals surface area (Å²) in [4.78, 5) is 23.7. The van der Waals surface area contributed by atoms with Gasteiger partial charge >= 0.3 is 0 Å². The van der Waals surface area contributed by atoms with Crippen molar-refractivity contribution >= 4 is 28.5 Å². The molecule has 0 unspecified atom stereocenters. The minimum Gasteiger partial charge on any atom is -0.330 e. The van der Waals surface area contributed by atoms with Gasteiger partial charge < -0.3 is 4.90 Å². The third kappa shape index (κ3) is 3.35. The Morgan fingerprint density at radius 3 is 2.68 bits per heavy atom. The van der Waals surface area contributed by atoms with Gasteiger partial charge in [-0.05, 0) is 49.7 Å². The SMILES string of the molecule is C[C@@H]1c2nn(C)c(-c3cc(F)cc(Cl)c3)c2CCN1C(=O)c1ccc2nccnc2c1. The summed E-state index contributed by atoms with van der Waals surface area (Å²) < 4.78 is 15.7. The van der Waals surface area contributed by atoms with Crippen LogP contribution < -0.4 is 0 Å². The van der Waals surface area contributed by atoms with Crippen molar-refractivity contribution in [3.8, 4) is 11.3 Å². The van der Waals surface area contributed by atoms with Gasteiger partial charge in [-0.3, -0.25) is 19.4 Å². The number of carbonyl (C=O) groups is 1. The molecule has 0 spiro atoms. The van der Waals surface area contributed by atoms with Gasteiger partial charge in [0.15, 0.2) is 0 Å². The van der Waals surface area contributed by atoms with Crippen LogP contribution in [0.5, 0.6) is 0 Å². The highest BCUT2D eigenvalue weighted by Gasteiger charge is 2.33. The highest BCUT2D eigenvalue weighted by Crippen LogP contribution is 2.37. The van der Waals surface area contributed by atoms with Crippen LogP contribution in [0, 0.1) is 5.82 Å². The average molecular weight is 436 g/mol. The second-order valence-corrected chi connectivity index (χ2v) is 8.11. The van der Waals surface area contributed by atoms with Crippen LogP contribution in [-0.4, -0.2) is 37.1 Å². The first-order chi connectivity index (χ1) is 14.9. The topological polar surface area (TPSA) is 63.9 Å². The number of hydrogen-bond acceptors (Lipinski definition) is 4. The van der Waals surface area contributed by atoms with E-state index in [1.165, 1.54) is 12.1 Å². The van der Waals surface area contributed by atoms with Gasteiger partial charge in [0.25, 0.3) is 5.91 Å². The summed E-state index contributed by atoms with van der Waals surface area (Å²) in [5, 5.41) is 5.02. The van der Waals surface area contributed by atoms with Crippen molar-refractivity contribution in [3.05, 3.63) is 76.5 Å². The van der Waals surface area contributed by atoms with E-state index in [1.54, 1.807) is 35.3 Å². The maximum absolute atomic E-state index is 14.0. The Kier molecular flexibility index (Phi) is 4.70. The molecule has 1 aliphatic heterocycles. The van der Waals surface area contributed by atoms with Crippen molar-refractivity contribution in [2.24, 2.45) is 7.05 Å². The molecule has 1 amide bonds. The lowest BCUT2D eigenvalue weighted by molar-refractivity contribution is 0.0674. The van der Waals surface area contributed by atoms with Crippen LogP contribution in [0.1, 0.15) is 34.6 Å². The molecule has 156 valence electrons. The van der Waals surface area contributed by atoms with E-state index >= 15 is 0 Å². The number of aryl methyl sites for hydroxylation is 1.